The van der Waals surface area contributed by atoms with Crippen molar-refractivity contribution in [3.8, 4) is 11.1 Å². The van der Waals surface area contributed by atoms with Crippen LogP contribution in [0.5, 0.6) is 0 Å². The van der Waals surface area contributed by atoms with Crippen molar-refractivity contribution >= 4 is 5.83 Å². The number of fused-ring (bicyclic) bond motifs is 3. The molecule has 0 N–H and O–H groups in total. The van der Waals surface area contributed by atoms with Crippen molar-refractivity contribution in [2.24, 2.45) is 11.8 Å². The van der Waals surface area contributed by atoms with Gasteiger partial charge in [-0.2, -0.15) is 0 Å². The van der Waals surface area contributed by atoms with Crippen molar-refractivity contribution in [3.63, 3.8) is 0 Å². The molecule has 35 heavy (non-hydrogen) atoms. The predicted molar refractivity (Wildman–Crippen MR) is 127 cm³/mol. The Morgan fingerprint density at radius 1 is 0.771 bits per heavy atom. The van der Waals surface area contributed by atoms with Crippen molar-refractivity contribution in [2.75, 3.05) is 0 Å². The fraction of sp³-hybridized carbons (Fsp3) is 0.517. The minimum Gasteiger partial charge on any atom is -0.208 e. The van der Waals surface area contributed by atoms with Crippen LogP contribution in [0.1, 0.15) is 93.9 Å². The van der Waals surface area contributed by atoms with Crippen LogP contribution in [0.4, 0.5) is 26.3 Å². The van der Waals surface area contributed by atoms with E-state index in [1.165, 1.54) is 6.07 Å². The van der Waals surface area contributed by atoms with Crippen molar-refractivity contribution in [1.82, 2.24) is 0 Å². The number of hydrogen-bond donors (Lipinski definition) is 0. The van der Waals surface area contributed by atoms with E-state index >= 15 is 13.2 Å². The van der Waals surface area contributed by atoms with Crippen LogP contribution in [0, 0.1) is 35.1 Å². The Morgan fingerprint density at radius 2 is 1.40 bits per heavy atom. The number of allylic oxidation sites excluding steroid dienone is 1. The molecule has 0 aromatic heterocycles. The molecule has 0 aliphatic heterocycles. The molecule has 1 fully saturated rings. The van der Waals surface area contributed by atoms with E-state index < -0.39 is 52.0 Å². The van der Waals surface area contributed by atoms with Gasteiger partial charge in [0.15, 0.2) is 29.1 Å². The summed E-state index contributed by atoms with van der Waals surface area (Å²) in [5.41, 5.74) is -0.896. The molecule has 0 radical (unpaired) electrons. The Kier molecular flexibility index (Phi) is 7.97. The Bertz CT molecular complexity index is 1120. The summed E-state index contributed by atoms with van der Waals surface area (Å²) in [5.74, 6) is -7.96. The first-order chi connectivity index (χ1) is 16.8. The third-order valence-corrected chi connectivity index (χ3v) is 7.67. The molecule has 0 heterocycles. The molecule has 2 aliphatic rings. The summed E-state index contributed by atoms with van der Waals surface area (Å²) in [6, 6.07) is 2.51. The molecule has 4 rings (SSSR count). The van der Waals surface area contributed by atoms with E-state index in [1.807, 2.05) is 6.92 Å². The van der Waals surface area contributed by atoms with Crippen molar-refractivity contribution in [3.05, 3.63) is 63.5 Å². The number of halogens is 6. The Balaban J connectivity index is 1.62. The lowest BCUT2D eigenvalue weighted by Crippen LogP contribution is -2.15. The van der Waals surface area contributed by atoms with Crippen LogP contribution in [0.25, 0.3) is 17.0 Å². The smallest absolute Gasteiger partial charge is 0.169 e. The maximum absolute atomic E-state index is 15.2. The zero-order valence-corrected chi connectivity index (χ0v) is 20.4. The highest BCUT2D eigenvalue weighted by molar-refractivity contribution is 5.81. The molecule has 2 aromatic rings. The van der Waals surface area contributed by atoms with Gasteiger partial charge in [-0.1, -0.05) is 52.0 Å². The Hall–Kier alpha value is -2.24. The molecular formula is C29H32F6. The van der Waals surface area contributed by atoms with E-state index in [9.17, 15) is 13.2 Å². The second-order valence-corrected chi connectivity index (χ2v) is 10.1. The van der Waals surface area contributed by atoms with E-state index in [0.717, 1.165) is 44.6 Å². The second-order valence-electron chi connectivity index (χ2n) is 10.1. The first kappa shape index (κ1) is 25.8. The third-order valence-electron chi connectivity index (χ3n) is 7.67. The first-order valence-corrected chi connectivity index (χ1v) is 12.8. The largest absolute Gasteiger partial charge is 0.208 e. The van der Waals surface area contributed by atoms with Gasteiger partial charge in [0.25, 0.3) is 0 Å². The van der Waals surface area contributed by atoms with Crippen molar-refractivity contribution < 1.29 is 26.3 Å². The van der Waals surface area contributed by atoms with Gasteiger partial charge in [0.2, 0.25) is 0 Å². The first-order valence-electron chi connectivity index (χ1n) is 12.8. The van der Waals surface area contributed by atoms with E-state index in [-0.39, 0.29) is 23.1 Å². The Morgan fingerprint density at radius 3 is 2.03 bits per heavy atom. The highest BCUT2D eigenvalue weighted by atomic mass is 19.2. The highest BCUT2D eigenvalue weighted by Gasteiger charge is 2.34. The van der Waals surface area contributed by atoms with E-state index in [2.05, 4.69) is 6.92 Å². The Labute approximate surface area is 203 Å². The number of benzene rings is 2. The summed E-state index contributed by atoms with van der Waals surface area (Å²) in [7, 11) is 0. The average Bonchev–Trinajstić information content (AvgIpc) is 3.23. The quantitative estimate of drug-likeness (QED) is 0.216. The lowest BCUT2D eigenvalue weighted by Gasteiger charge is -2.28. The molecule has 0 bridgehead atoms. The van der Waals surface area contributed by atoms with Gasteiger partial charge in [-0.3, -0.25) is 0 Å². The van der Waals surface area contributed by atoms with Crippen LogP contribution < -0.4 is 0 Å². The maximum Gasteiger partial charge on any atom is 0.169 e. The minimum absolute atomic E-state index is 0.000544. The molecule has 0 spiro atoms. The average molecular weight is 495 g/mol. The van der Waals surface area contributed by atoms with Crippen LogP contribution in [-0.2, 0) is 12.8 Å². The zero-order chi connectivity index (χ0) is 25.3. The molecule has 0 nitrogen and oxygen atoms in total. The number of unbranched alkanes of at least 4 members (excludes halogenated alkanes) is 2. The van der Waals surface area contributed by atoms with Crippen molar-refractivity contribution in [1.29, 1.82) is 0 Å². The molecule has 1 saturated carbocycles. The second kappa shape index (κ2) is 10.8. The monoisotopic (exact) mass is 494 g/mol. The van der Waals surface area contributed by atoms with Crippen LogP contribution in [0.2, 0.25) is 0 Å². The van der Waals surface area contributed by atoms with Crippen LogP contribution in [0.15, 0.2) is 18.0 Å². The third kappa shape index (κ3) is 4.90. The summed E-state index contributed by atoms with van der Waals surface area (Å²) in [6.07, 6.45) is 7.92. The number of hydrogen-bond acceptors (Lipinski definition) is 0. The summed E-state index contributed by atoms with van der Waals surface area (Å²) in [6.45, 7) is 3.96. The van der Waals surface area contributed by atoms with E-state index in [1.54, 1.807) is 0 Å². The van der Waals surface area contributed by atoms with E-state index in [0.29, 0.717) is 37.2 Å². The van der Waals surface area contributed by atoms with Crippen LogP contribution in [0.3, 0.4) is 0 Å². The van der Waals surface area contributed by atoms with Crippen LogP contribution >= 0.6 is 0 Å². The maximum atomic E-state index is 15.2. The minimum atomic E-state index is -1.57. The highest BCUT2D eigenvalue weighted by Crippen LogP contribution is 2.46. The summed E-state index contributed by atoms with van der Waals surface area (Å²) >= 11 is 0. The fourth-order valence-electron chi connectivity index (χ4n) is 5.75. The normalized spacial score (nSPS) is 20.0. The van der Waals surface area contributed by atoms with E-state index in [4.69, 9.17) is 0 Å². The molecular weight excluding hydrogens is 462 g/mol. The summed E-state index contributed by atoms with van der Waals surface area (Å²) in [5, 5.41) is 0. The standard InChI is InChI=1S/C29H32F6/c1-3-5-6-8-16-9-11-17(12-10-16)24(30)26(32)21-15-20-14-19-13-18(7-4-2)25(31)28(34)22(19)23(20)29(35)27(21)33/h13,15-17H,3-12,14H2,1-2H3/b26-24+. The number of rotatable bonds is 8. The molecule has 0 atom stereocenters. The van der Waals surface area contributed by atoms with Gasteiger partial charge in [0.1, 0.15) is 5.83 Å². The molecule has 0 amide bonds. The lowest BCUT2D eigenvalue weighted by molar-refractivity contribution is 0.258. The lowest BCUT2D eigenvalue weighted by atomic mass is 9.79. The SMILES string of the molecule is CCCCCC1CCC(/C(F)=C(\F)c2cc3c(c(F)c2F)-c2c(cc(CCC)c(F)c2F)C3)CC1. The molecule has 0 saturated heterocycles. The van der Waals surface area contributed by atoms with Gasteiger partial charge < -0.3 is 0 Å². The molecule has 2 aliphatic carbocycles. The van der Waals surface area contributed by atoms with Gasteiger partial charge in [0.05, 0.1) is 5.56 Å². The van der Waals surface area contributed by atoms with Crippen LogP contribution in [-0.4, -0.2) is 0 Å². The summed E-state index contributed by atoms with van der Waals surface area (Å²) < 4.78 is 89.6. The molecule has 2 aromatic carbocycles. The summed E-state index contributed by atoms with van der Waals surface area (Å²) in [4.78, 5) is 0. The predicted octanol–water partition coefficient (Wildman–Crippen LogP) is 9.76. The zero-order valence-electron chi connectivity index (χ0n) is 20.4. The molecule has 6 heteroatoms. The molecule has 190 valence electrons. The van der Waals surface area contributed by atoms with Gasteiger partial charge in [-0.15, -0.1) is 0 Å². The van der Waals surface area contributed by atoms with Gasteiger partial charge in [-0.25, -0.2) is 26.3 Å². The van der Waals surface area contributed by atoms with Gasteiger partial charge in [-0.05, 0) is 67.2 Å². The number of aryl methyl sites for hydroxylation is 1. The van der Waals surface area contributed by atoms with Crippen molar-refractivity contribution in [2.45, 2.75) is 84.5 Å². The van der Waals surface area contributed by atoms with Gasteiger partial charge in [0, 0.05) is 17.0 Å². The fourth-order valence-corrected chi connectivity index (χ4v) is 5.75. The molecule has 0 unspecified atom stereocenters. The van der Waals surface area contributed by atoms with Gasteiger partial charge >= 0.3 is 0 Å². The topological polar surface area (TPSA) is 0 Å².